The van der Waals surface area contributed by atoms with Gasteiger partial charge in [0.05, 0.1) is 11.1 Å². The lowest BCUT2D eigenvalue weighted by Gasteiger charge is -2.10. The number of nitrogens with zero attached hydrogens (tertiary/aromatic N) is 3. The summed E-state index contributed by atoms with van der Waals surface area (Å²) in [4.78, 5) is 24.9. The molecule has 3 aromatic rings. The van der Waals surface area contributed by atoms with Gasteiger partial charge in [-0.25, -0.2) is 10.1 Å². The van der Waals surface area contributed by atoms with Crippen molar-refractivity contribution in [1.82, 2.24) is 15.2 Å². The average Bonchev–Trinajstić information content (AvgIpc) is 2.65. The maximum absolute atomic E-state index is 12.7. The molecule has 0 atom stereocenters. The third kappa shape index (κ3) is 3.51. The maximum atomic E-state index is 12.7. The highest BCUT2D eigenvalue weighted by Gasteiger charge is 2.15. The Balaban J connectivity index is 1.96. The Kier molecular flexibility index (Phi) is 4.90. The first-order chi connectivity index (χ1) is 12.8. The van der Waals surface area contributed by atoms with Crippen LogP contribution in [0.1, 0.15) is 39.7 Å². The van der Waals surface area contributed by atoms with E-state index in [9.17, 15) is 9.59 Å². The van der Waals surface area contributed by atoms with Gasteiger partial charge in [0.25, 0.3) is 11.5 Å². The highest BCUT2D eigenvalue weighted by Crippen LogP contribution is 2.16. The normalized spacial score (nSPS) is 11.7. The number of hydrazone groups is 1. The first-order valence-electron chi connectivity index (χ1n) is 8.68. The summed E-state index contributed by atoms with van der Waals surface area (Å²) >= 11 is 0. The second-order valence-corrected chi connectivity index (χ2v) is 6.71. The molecule has 0 saturated heterocycles. The fourth-order valence-corrected chi connectivity index (χ4v) is 3.07. The number of aryl methyl sites for hydroxylation is 4. The van der Waals surface area contributed by atoms with E-state index in [0.29, 0.717) is 16.5 Å². The van der Waals surface area contributed by atoms with Crippen molar-refractivity contribution < 1.29 is 4.79 Å². The number of amides is 1. The zero-order valence-corrected chi connectivity index (χ0v) is 16.1. The summed E-state index contributed by atoms with van der Waals surface area (Å²) < 4.78 is 1.17. The summed E-state index contributed by atoms with van der Waals surface area (Å²) in [5.41, 5.74) is 7.66. The van der Waals surface area contributed by atoms with Gasteiger partial charge in [0.1, 0.15) is 0 Å². The van der Waals surface area contributed by atoms with E-state index in [1.54, 1.807) is 24.3 Å². The van der Waals surface area contributed by atoms with Crippen LogP contribution in [0.3, 0.4) is 0 Å². The Morgan fingerprint density at radius 1 is 1.04 bits per heavy atom. The molecule has 138 valence electrons. The third-order valence-electron chi connectivity index (χ3n) is 4.73. The zero-order valence-electron chi connectivity index (χ0n) is 16.1. The van der Waals surface area contributed by atoms with Crippen LogP contribution in [0.4, 0.5) is 0 Å². The van der Waals surface area contributed by atoms with Gasteiger partial charge in [-0.1, -0.05) is 24.3 Å². The van der Waals surface area contributed by atoms with Crippen molar-refractivity contribution in [3.05, 3.63) is 74.7 Å². The van der Waals surface area contributed by atoms with E-state index in [0.717, 1.165) is 11.1 Å². The van der Waals surface area contributed by atoms with Crippen LogP contribution in [-0.2, 0) is 7.05 Å². The molecule has 0 spiro atoms. The second kappa shape index (κ2) is 7.15. The number of aromatic nitrogens is 2. The first-order valence-corrected chi connectivity index (χ1v) is 8.68. The largest absolute Gasteiger partial charge is 0.292 e. The fraction of sp³-hybridized carbons (Fsp3) is 0.238. The van der Waals surface area contributed by atoms with Crippen LogP contribution in [-0.4, -0.2) is 21.4 Å². The molecule has 0 aliphatic heterocycles. The molecule has 0 aliphatic rings. The molecule has 1 heterocycles. The van der Waals surface area contributed by atoms with Crippen LogP contribution < -0.4 is 11.0 Å². The number of carbonyl (C=O) groups excluding carboxylic acids is 1. The van der Waals surface area contributed by atoms with Gasteiger partial charge in [-0.3, -0.25) is 9.59 Å². The Labute approximate surface area is 157 Å². The van der Waals surface area contributed by atoms with Crippen molar-refractivity contribution in [3.8, 4) is 0 Å². The third-order valence-corrected chi connectivity index (χ3v) is 4.73. The average molecular weight is 362 g/mol. The number of hydrogen-bond acceptors (Lipinski definition) is 4. The Bertz CT molecular complexity index is 1140. The number of hydrogen-bond donors (Lipinski definition) is 1. The number of rotatable bonds is 3. The molecule has 6 heteroatoms. The molecule has 2 aromatic carbocycles. The Morgan fingerprint density at radius 2 is 1.67 bits per heavy atom. The molecule has 1 aromatic heterocycles. The van der Waals surface area contributed by atoms with Crippen LogP contribution in [0, 0.1) is 20.8 Å². The molecule has 0 saturated carbocycles. The summed E-state index contributed by atoms with van der Waals surface area (Å²) in [7, 11) is 1.53. The standard InChI is InChI=1S/C21H22N4O2/c1-12-10-14(3)18(11-13(12)2)15(4)22-23-20(26)19-16-8-6-7-9-17(16)21(27)25(5)24-19/h6-11H,1-5H3,(H,23,26)/b22-15-. The molecule has 1 N–H and O–H groups in total. The van der Waals surface area contributed by atoms with Gasteiger partial charge in [-0.2, -0.15) is 10.2 Å². The number of nitrogens with one attached hydrogen (secondary N) is 1. The number of benzene rings is 2. The Morgan fingerprint density at radius 3 is 2.37 bits per heavy atom. The van der Waals surface area contributed by atoms with Gasteiger partial charge >= 0.3 is 0 Å². The minimum absolute atomic E-state index is 0.168. The van der Waals surface area contributed by atoms with Crippen molar-refractivity contribution in [1.29, 1.82) is 0 Å². The van der Waals surface area contributed by atoms with Gasteiger partial charge in [-0.05, 0) is 56.5 Å². The molecular weight excluding hydrogens is 340 g/mol. The van der Waals surface area contributed by atoms with Gasteiger partial charge in [-0.15, -0.1) is 0 Å². The first kappa shape index (κ1) is 18.5. The van der Waals surface area contributed by atoms with E-state index in [-0.39, 0.29) is 11.3 Å². The van der Waals surface area contributed by atoms with E-state index >= 15 is 0 Å². The van der Waals surface area contributed by atoms with Crippen molar-refractivity contribution >= 4 is 22.4 Å². The molecule has 0 aliphatic carbocycles. The quantitative estimate of drug-likeness (QED) is 0.575. The summed E-state index contributed by atoms with van der Waals surface area (Å²) in [6, 6.07) is 11.1. The molecular formula is C21H22N4O2. The molecule has 0 fully saturated rings. The number of carbonyl (C=O) groups is 1. The van der Waals surface area contributed by atoms with Gasteiger partial charge < -0.3 is 0 Å². The van der Waals surface area contributed by atoms with Crippen LogP contribution in [0.25, 0.3) is 10.8 Å². The van der Waals surface area contributed by atoms with Crippen LogP contribution in [0.15, 0.2) is 46.3 Å². The summed E-state index contributed by atoms with van der Waals surface area (Å²) in [5, 5.41) is 9.33. The van der Waals surface area contributed by atoms with E-state index in [1.807, 2.05) is 20.8 Å². The van der Waals surface area contributed by atoms with E-state index in [1.165, 1.54) is 22.9 Å². The summed E-state index contributed by atoms with van der Waals surface area (Å²) in [6.45, 7) is 7.98. The highest BCUT2D eigenvalue weighted by atomic mass is 16.2. The summed E-state index contributed by atoms with van der Waals surface area (Å²) in [5.74, 6) is -0.456. The zero-order chi connectivity index (χ0) is 19.7. The fourth-order valence-electron chi connectivity index (χ4n) is 3.07. The lowest BCUT2D eigenvalue weighted by Crippen LogP contribution is -2.27. The molecule has 0 radical (unpaired) electrons. The van der Waals surface area contributed by atoms with Gasteiger partial charge in [0.15, 0.2) is 5.69 Å². The van der Waals surface area contributed by atoms with Crippen LogP contribution >= 0.6 is 0 Å². The SMILES string of the molecule is C/C(=N/NC(=O)c1nn(C)c(=O)c2ccccc12)c1cc(C)c(C)cc1C. The molecule has 0 bridgehead atoms. The molecule has 6 nitrogen and oxygen atoms in total. The highest BCUT2D eigenvalue weighted by molar-refractivity contribution is 6.06. The molecule has 3 rings (SSSR count). The predicted molar refractivity (Wildman–Crippen MR) is 107 cm³/mol. The van der Waals surface area contributed by atoms with Gasteiger partial charge in [0.2, 0.25) is 0 Å². The van der Waals surface area contributed by atoms with Crippen molar-refractivity contribution in [3.63, 3.8) is 0 Å². The smallest absolute Gasteiger partial charge is 0.267 e. The molecule has 1 amide bonds. The minimum Gasteiger partial charge on any atom is -0.267 e. The molecule has 0 unspecified atom stereocenters. The monoisotopic (exact) mass is 362 g/mol. The Hall–Kier alpha value is -3.28. The van der Waals surface area contributed by atoms with E-state index in [2.05, 4.69) is 34.7 Å². The van der Waals surface area contributed by atoms with Crippen molar-refractivity contribution in [2.75, 3.05) is 0 Å². The lowest BCUT2D eigenvalue weighted by atomic mass is 9.98. The number of fused-ring (bicyclic) bond motifs is 1. The second-order valence-electron chi connectivity index (χ2n) is 6.71. The summed E-state index contributed by atoms with van der Waals surface area (Å²) in [6.07, 6.45) is 0. The minimum atomic E-state index is -0.456. The topological polar surface area (TPSA) is 76.3 Å². The lowest BCUT2D eigenvalue weighted by molar-refractivity contribution is 0.0949. The molecule has 27 heavy (non-hydrogen) atoms. The van der Waals surface area contributed by atoms with Crippen LogP contribution in [0.5, 0.6) is 0 Å². The van der Waals surface area contributed by atoms with Crippen LogP contribution in [0.2, 0.25) is 0 Å². The van der Waals surface area contributed by atoms with E-state index in [4.69, 9.17) is 0 Å². The van der Waals surface area contributed by atoms with Crippen molar-refractivity contribution in [2.24, 2.45) is 12.1 Å². The maximum Gasteiger partial charge on any atom is 0.292 e. The van der Waals surface area contributed by atoms with Crippen molar-refractivity contribution in [2.45, 2.75) is 27.7 Å². The van der Waals surface area contributed by atoms with Gasteiger partial charge in [0, 0.05) is 18.0 Å². The van der Waals surface area contributed by atoms with E-state index < -0.39 is 5.91 Å². The predicted octanol–water partition coefficient (Wildman–Crippen LogP) is 3.01.